The SMILES string of the molecule is CCC(c1ccccc1)N(CC1CCCN1)C1CC1. The maximum absolute atomic E-state index is 3.66. The molecule has 1 aromatic carbocycles. The highest BCUT2D eigenvalue weighted by Gasteiger charge is 2.35. The van der Waals surface area contributed by atoms with Crippen molar-refractivity contribution < 1.29 is 0 Å². The van der Waals surface area contributed by atoms with Crippen LogP contribution in [0, 0.1) is 0 Å². The van der Waals surface area contributed by atoms with Gasteiger partial charge in [-0.25, -0.2) is 0 Å². The Balaban J connectivity index is 1.73. The van der Waals surface area contributed by atoms with Crippen molar-refractivity contribution in [2.75, 3.05) is 13.1 Å². The zero-order valence-corrected chi connectivity index (χ0v) is 12.0. The van der Waals surface area contributed by atoms with Gasteiger partial charge in [0.2, 0.25) is 0 Å². The molecule has 2 heteroatoms. The van der Waals surface area contributed by atoms with Gasteiger partial charge in [-0.1, -0.05) is 37.3 Å². The predicted octanol–water partition coefficient (Wildman–Crippen LogP) is 3.35. The molecule has 1 saturated carbocycles. The molecule has 2 atom stereocenters. The molecule has 1 aliphatic heterocycles. The maximum Gasteiger partial charge on any atom is 0.0349 e. The van der Waals surface area contributed by atoms with E-state index in [1.54, 1.807) is 0 Å². The molecule has 0 amide bonds. The van der Waals surface area contributed by atoms with Crippen LogP contribution in [-0.2, 0) is 0 Å². The van der Waals surface area contributed by atoms with Crippen molar-refractivity contribution in [1.29, 1.82) is 0 Å². The van der Waals surface area contributed by atoms with Crippen LogP contribution < -0.4 is 5.32 Å². The van der Waals surface area contributed by atoms with E-state index in [1.807, 2.05) is 0 Å². The van der Waals surface area contributed by atoms with Gasteiger partial charge in [-0.05, 0) is 44.2 Å². The topological polar surface area (TPSA) is 15.3 Å². The molecule has 1 heterocycles. The van der Waals surface area contributed by atoms with Gasteiger partial charge < -0.3 is 5.32 Å². The Morgan fingerprint density at radius 1 is 1.21 bits per heavy atom. The molecule has 0 bridgehead atoms. The molecule has 3 rings (SSSR count). The van der Waals surface area contributed by atoms with Crippen LogP contribution in [0.3, 0.4) is 0 Å². The third kappa shape index (κ3) is 3.18. The Labute approximate surface area is 117 Å². The van der Waals surface area contributed by atoms with Crippen molar-refractivity contribution in [1.82, 2.24) is 10.2 Å². The Kier molecular flexibility index (Phi) is 4.19. The van der Waals surface area contributed by atoms with Crippen LogP contribution in [0.1, 0.15) is 50.6 Å². The molecule has 1 saturated heterocycles. The van der Waals surface area contributed by atoms with Crippen molar-refractivity contribution in [2.45, 2.75) is 57.2 Å². The second kappa shape index (κ2) is 6.06. The molecule has 2 fully saturated rings. The van der Waals surface area contributed by atoms with E-state index >= 15 is 0 Å². The average Bonchev–Trinajstić information content (AvgIpc) is 3.17. The summed E-state index contributed by atoms with van der Waals surface area (Å²) in [6.07, 6.45) is 6.72. The fourth-order valence-electron chi connectivity index (χ4n) is 3.44. The van der Waals surface area contributed by atoms with Crippen LogP contribution in [0.15, 0.2) is 30.3 Å². The Morgan fingerprint density at radius 3 is 2.58 bits per heavy atom. The second-order valence-electron chi connectivity index (χ2n) is 6.06. The van der Waals surface area contributed by atoms with Crippen molar-refractivity contribution in [3.05, 3.63) is 35.9 Å². The molecule has 1 aromatic rings. The van der Waals surface area contributed by atoms with Gasteiger partial charge in [0.25, 0.3) is 0 Å². The van der Waals surface area contributed by atoms with Crippen molar-refractivity contribution in [3.63, 3.8) is 0 Å². The van der Waals surface area contributed by atoms with Crippen molar-refractivity contribution in [2.24, 2.45) is 0 Å². The fourth-order valence-corrected chi connectivity index (χ4v) is 3.44. The molecule has 0 radical (unpaired) electrons. The number of benzene rings is 1. The smallest absolute Gasteiger partial charge is 0.0349 e. The van der Waals surface area contributed by atoms with Crippen molar-refractivity contribution >= 4 is 0 Å². The van der Waals surface area contributed by atoms with E-state index in [0.717, 1.165) is 12.1 Å². The van der Waals surface area contributed by atoms with Gasteiger partial charge in [-0.3, -0.25) is 4.90 Å². The van der Waals surface area contributed by atoms with Crippen molar-refractivity contribution in [3.8, 4) is 0 Å². The van der Waals surface area contributed by atoms with E-state index in [0.29, 0.717) is 6.04 Å². The molecule has 1 N–H and O–H groups in total. The molecular weight excluding hydrogens is 232 g/mol. The summed E-state index contributed by atoms with van der Waals surface area (Å²) < 4.78 is 0. The average molecular weight is 258 g/mol. The fraction of sp³-hybridized carbons (Fsp3) is 0.647. The summed E-state index contributed by atoms with van der Waals surface area (Å²) in [6, 6.07) is 13.2. The summed E-state index contributed by atoms with van der Waals surface area (Å²) >= 11 is 0. The largest absolute Gasteiger partial charge is 0.313 e. The first-order valence-electron chi connectivity index (χ1n) is 7.92. The van der Waals surface area contributed by atoms with E-state index < -0.39 is 0 Å². The standard InChI is InChI=1S/C17H26N2/c1-2-17(14-7-4-3-5-8-14)19(16-10-11-16)13-15-9-6-12-18-15/h3-5,7-8,15-18H,2,6,9-13H2,1H3. The van der Waals surface area contributed by atoms with Gasteiger partial charge in [0.1, 0.15) is 0 Å². The Hall–Kier alpha value is -0.860. The van der Waals surface area contributed by atoms with Crippen LogP contribution in [0.2, 0.25) is 0 Å². The van der Waals surface area contributed by atoms with E-state index in [1.165, 1.54) is 50.8 Å². The van der Waals surface area contributed by atoms with E-state index in [9.17, 15) is 0 Å². The summed E-state index contributed by atoms with van der Waals surface area (Å²) in [4.78, 5) is 2.78. The lowest BCUT2D eigenvalue weighted by Crippen LogP contribution is -2.40. The monoisotopic (exact) mass is 258 g/mol. The van der Waals surface area contributed by atoms with Crippen LogP contribution in [0.4, 0.5) is 0 Å². The summed E-state index contributed by atoms with van der Waals surface area (Å²) in [5.41, 5.74) is 1.50. The van der Waals surface area contributed by atoms with Crippen LogP contribution in [-0.4, -0.2) is 30.1 Å². The molecule has 0 aromatic heterocycles. The molecule has 2 aliphatic rings. The predicted molar refractivity (Wildman–Crippen MR) is 80.2 cm³/mol. The first-order chi connectivity index (χ1) is 9.38. The van der Waals surface area contributed by atoms with Crippen LogP contribution in [0.25, 0.3) is 0 Å². The lowest BCUT2D eigenvalue weighted by molar-refractivity contribution is 0.166. The van der Waals surface area contributed by atoms with Crippen LogP contribution >= 0.6 is 0 Å². The zero-order valence-electron chi connectivity index (χ0n) is 12.0. The Bertz CT molecular complexity index is 380. The first kappa shape index (κ1) is 13.1. The number of rotatable bonds is 6. The zero-order chi connectivity index (χ0) is 13.1. The van der Waals surface area contributed by atoms with Gasteiger partial charge in [-0.15, -0.1) is 0 Å². The summed E-state index contributed by atoms with van der Waals surface area (Å²) in [7, 11) is 0. The third-order valence-electron chi connectivity index (χ3n) is 4.58. The summed E-state index contributed by atoms with van der Waals surface area (Å²) in [6.45, 7) is 4.78. The number of nitrogens with zero attached hydrogens (tertiary/aromatic N) is 1. The van der Waals surface area contributed by atoms with Gasteiger partial charge >= 0.3 is 0 Å². The molecule has 104 valence electrons. The quantitative estimate of drug-likeness (QED) is 0.842. The molecule has 0 spiro atoms. The second-order valence-corrected chi connectivity index (χ2v) is 6.06. The summed E-state index contributed by atoms with van der Waals surface area (Å²) in [5.74, 6) is 0. The third-order valence-corrected chi connectivity index (χ3v) is 4.58. The Morgan fingerprint density at radius 2 is 2.00 bits per heavy atom. The minimum absolute atomic E-state index is 0.607. The number of hydrogen-bond acceptors (Lipinski definition) is 2. The molecule has 1 aliphatic carbocycles. The minimum Gasteiger partial charge on any atom is -0.313 e. The minimum atomic E-state index is 0.607. The normalized spacial score (nSPS) is 24.8. The molecule has 2 nitrogen and oxygen atoms in total. The van der Waals surface area contributed by atoms with Gasteiger partial charge in [0.15, 0.2) is 0 Å². The van der Waals surface area contributed by atoms with Gasteiger partial charge in [0, 0.05) is 24.7 Å². The molecular formula is C17H26N2. The lowest BCUT2D eigenvalue weighted by atomic mass is 10.0. The highest BCUT2D eigenvalue weighted by atomic mass is 15.2. The number of hydrogen-bond donors (Lipinski definition) is 1. The van der Waals surface area contributed by atoms with E-state index in [2.05, 4.69) is 47.5 Å². The van der Waals surface area contributed by atoms with E-state index in [-0.39, 0.29) is 0 Å². The van der Waals surface area contributed by atoms with Gasteiger partial charge in [0.05, 0.1) is 0 Å². The molecule has 19 heavy (non-hydrogen) atoms. The first-order valence-corrected chi connectivity index (χ1v) is 7.92. The maximum atomic E-state index is 3.66. The molecule has 2 unspecified atom stereocenters. The van der Waals surface area contributed by atoms with Crippen LogP contribution in [0.5, 0.6) is 0 Å². The summed E-state index contributed by atoms with van der Waals surface area (Å²) in [5, 5.41) is 3.66. The highest BCUT2D eigenvalue weighted by molar-refractivity contribution is 5.19. The lowest BCUT2D eigenvalue weighted by Gasteiger charge is -2.33. The van der Waals surface area contributed by atoms with Gasteiger partial charge in [-0.2, -0.15) is 0 Å². The highest BCUT2D eigenvalue weighted by Crippen LogP contribution is 2.36. The van der Waals surface area contributed by atoms with E-state index in [4.69, 9.17) is 0 Å². The number of nitrogens with one attached hydrogen (secondary N) is 1.